The van der Waals surface area contributed by atoms with Crippen LogP contribution in [0.5, 0.6) is 0 Å². The summed E-state index contributed by atoms with van der Waals surface area (Å²) in [6.07, 6.45) is 1.82. The van der Waals surface area contributed by atoms with Crippen molar-refractivity contribution in [1.82, 2.24) is 9.97 Å². The summed E-state index contributed by atoms with van der Waals surface area (Å²) in [7, 11) is 0. The van der Waals surface area contributed by atoms with E-state index in [1.807, 2.05) is 0 Å². The molecule has 90 valence electrons. The maximum atomic E-state index is 9.17. The Labute approximate surface area is 96.1 Å². The van der Waals surface area contributed by atoms with Gasteiger partial charge in [-0.3, -0.25) is 0 Å². The Bertz CT molecular complexity index is 339. The lowest BCUT2D eigenvalue weighted by Gasteiger charge is -2.15. The minimum atomic E-state index is -0.311. The molecular weight excluding hydrogens is 204 g/mol. The van der Waals surface area contributed by atoms with Crippen molar-refractivity contribution in [3.05, 3.63) is 11.9 Å². The largest absolute Gasteiger partial charge is 0.393 e. The van der Waals surface area contributed by atoms with Crippen LogP contribution in [0.15, 0.2) is 6.33 Å². The fourth-order valence-electron chi connectivity index (χ4n) is 1.52. The zero-order chi connectivity index (χ0) is 12.1. The van der Waals surface area contributed by atoms with Gasteiger partial charge in [-0.1, -0.05) is 13.8 Å². The molecule has 0 saturated heterocycles. The topological polar surface area (TPSA) is 84.1 Å². The molecule has 0 aromatic carbocycles. The van der Waals surface area contributed by atoms with E-state index >= 15 is 0 Å². The molecular formula is C11H20N4O. The summed E-state index contributed by atoms with van der Waals surface area (Å²) < 4.78 is 0. The third-order valence-electron chi connectivity index (χ3n) is 2.35. The summed E-state index contributed by atoms with van der Waals surface area (Å²) in [6.45, 7) is 6.54. The van der Waals surface area contributed by atoms with Gasteiger partial charge in [-0.25, -0.2) is 9.97 Å². The van der Waals surface area contributed by atoms with Gasteiger partial charge in [-0.05, 0) is 19.3 Å². The molecule has 1 rings (SSSR count). The molecule has 0 aliphatic rings. The number of rotatable bonds is 5. The monoisotopic (exact) mass is 224 g/mol. The van der Waals surface area contributed by atoms with Gasteiger partial charge in [-0.15, -0.1) is 0 Å². The van der Waals surface area contributed by atoms with E-state index in [-0.39, 0.29) is 12.0 Å². The number of hydrogen-bond donors (Lipinski definition) is 3. The summed E-state index contributed by atoms with van der Waals surface area (Å²) in [6, 6.07) is 0. The molecule has 1 aromatic rings. The van der Waals surface area contributed by atoms with Crippen LogP contribution >= 0.6 is 0 Å². The normalized spacial score (nSPS) is 12.8. The first-order valence-corrected chi connectivity index (χ1v) is 5.54. The number of nitrogens with two attached hydrogens (primary N) is 1. The van der Waals surface area contributed by atoms with Crippen LogP contribution < -0.4 is 11.1 Å². The van der Waals surface area contributed by atoms with Crippen molar-refractivity contribution in [1.29, 1.82) is 0 Å². The van der Waals surface area contributed by atoms with Crippen molar-refractivity contribution in [3.8, 4) is 0 Å². The van der Waals surface area contributed by atoms with Crippen LogP contribution in [0.3, 0.4) is 0 Å². The third kappa shape index (κ3) is 3.34. The smallest absolute Gasteiger partial charge is 0.134 e. The number of aliphatic hydroxyl groups is 1. The molecule has 0 bridgehead atoms. The van der Waals surface area contributed by atoms with Crippen LogP contribution in [0.2, 0.25) is 0 Å². The lowest BCUT2D eigenvalue weighted by atomic mass is 10.0. The Morgan fingerprint density at radius 2 is 2.06 bits per heavy atom. The van der Waals surface area contributed by atoms with Gasteiger partial charge in [0, 0.05) is 12.1 Å². The van der Waals surface area contributed by atoms with Gasteiger partial charge in [0.25, 0.3) is 0 Å². The molecule has 1 aromatic heterocycles. The van der Waals surface area contributed by atoms with E-state index in [9.17, 15) is 0 Å². The van der Waals surface area contributed by atoms with E-state index < -0.39 is 0 Å². The molecule has 5 nitrogen and oxygen atoms in total. The molecule has 0 saturated carbocycles. The molecule has 5 heteroatoms. The minimum absolute atomic E-state index is 0.273. The molecule has 0 fully saturated rings. The highest BCUT2D eigenvalue weighted by atomic mass is 16.3. The SMILES string of the molecule is CC(O)CCNc1ncnc(N)c1C(C)C. The molecule has 16 heavy (non-hydrogen) atoms. The predicted octanol–water partition coefficient (Wildman–Crippen LogP) is 1.37. The van der Waals surface area contributed by atoms with E-state index in [0.717, 1.165) is 11.4 Å². The molecule has 0 radical (unpaired) electrons. The summed E-state index contributed by atoms with van der Waals surface area (Å²) in [5.41, 5.74) is 6.75. The number of nitrogen functional groups attached to an aromatic ring is 1. The molecule has 0 spiro atoms. The number of hydrogen-bond acceptors (Lipinski definition) is 5. The van der Waals surface area contributed by atoms with Crippen LogP contribution in [0.4, 0.5) is 11.6 Å². The van der Waals surface area contributed by atoms with Crippen LogP contribution in [0, 0.1) is 0 Å². The molecule has 0 aliphatic heterocycles. The first-order valence-electron chi connectivity index (χ1n) is 5.54. The highest BCUT2D eigenvalue weighted by Gasteiger charge is 2.12. The maximum Gasteiger partial charge on any atom is 0.134 e. The fraction of sp³-hybridized carbons (Fsp3) is 0.636. The van der Waals surface area contributed by atoms with Crippen LogP contribution in [-0.4, -0.2) is 27.7 Å². The molecule has 0 amide bonds. The lowest BCUT2D eigenvalue weighted by Crippen LogP contribution is -2.13. The molecule has 0 aliphatic carbocycles. The van der Waals surface area contributed by atoms with E-state index in [1.54, 1.807) is 6.92 Å². The van der Waals surface area contributed by atoms with Gasteiger partial charge in [-0.2, -0.15) is 0 Å². The van der Waals surface area contributed by atoms with Gasteiger partial charge in [0.1, 0.15) is 18.0 Å². The zero-order valence-electron chi connectivity index (χ0n) is 10.1. The molecule has 1 unspecified atom stereocenters. The van der Waals surface area contributed by atoms with E-state index in [4.69, 9.17) is 10.8 Å². The van der Waals surface area contributed by atoms with Crippen LogP contribution in [0.1, 0.15) is 38.7 Å². The zero-order valence-corrected chi connectivity index (χ0v) is 10.1. The number of nitrogens with one attached hydrogen (secondary N) is 1. The summed E-state index contributed by atoms with van der Waals surface area (Å²) in [5.74, 6) is 1.56. The third-order valence-corrected chi connectivity index (χ3v) is 2.35. The molecule has 4 N–H and O–H groups in total. The number of nitrogens with zero attached hydrogens (tertiary/aromatic N) is 2. The average Bonchev–Trinajstić information content (AvgIpc) is 2.16. The Kier molecular flexibility index (Phi) is 4.49. The quantitative estimate of drug-likeness (QED) is 0.703. The van der Waals surface area contributed by atoms with Crippen molar-refractivity contribution in [2.24, 2.45) is 0 Å². The lowest BCUT2D eigenvalue weighted by molar-refractivity contribution is 0.188. The Hall–Kier alpha value is -1.36. The van der Waals surface area contributed by atoms with Crippen LogP contribution in [0.25, 0.3) is 0 Å². The summed E-state index contributed by atoms with van der Waals surface area (Å²) >= 11 is 0. The summed E-state index contributed by atoms with van der Waals surface area (Å²) in [5, 5.41) is 12.3. The first kappa shape index (κ1) is 12.7. The second kappa shape index (κ2) is 5.65. The number of aliphatic hydroxyl groups excluding tert-OH is 1. The fourth-order valence-corrected chi connectivity index (χ4v) is 1.52. The van der Waals surface area contributed by atoms with Crippen molar-refractivity contribution < 1.29 is 5.11 Å². The second-order valence-corrected chi connectivity index (χ2v) is 4.24. The standard InChI is InChI=1S/C11H20N4O/c1-7(2)9-10(12)14-6-15-11(9)13-5-4-8(3)16/h6-8,16H,4-5H2,1-3H3,(H3,12,13,14,15). The van der Waals surface area contributed by atoms with Crippen LogP contribution in [-0.2, 0) is 0 Å². The average molecular weight is 224 g/mol. The van der Waals surface area contributed by atoms with E-state index in [0.29, 0.717) is 18.8 Å². The van der Waals surface area contributed by atoms with Crippen molar-refractivity contribution in [2.75, 3.05) is 17.6 Å². The van der Waals surface area contributed by atoms with E-state index in [1.165, 1.54) is 6.33 Å². The summed E-state index contributed by atoms with van der Waals surface area (Å²) in [4.78, 5) is 8.16. The molecule has 1 atom stereocenters. The highest BCUT2D eigenvalue weighted by molar-refractivity contribution is 5.56. The van der Waals surface area contributed by atoms with E-state index in [2.05, 4.69) is 29.1 Å². The highest BCUT2D eigenvalue weighted by Crippen LogP contribution is 2.25. The number of anilines is 2. The Balaban J connectivity index is 2.75. The van der Waals surface area contributed by atoms with Crippen molar-refractivity contribution >= 4 is 11.6 Å². The minimum Gasteiger partial charge on any atom is -0.393 e. The maximum absolute atomic E-state index is 9.17. The van der Waals surface area contributed by atoms with Crippen molar-refractivity contribution in [2.45, 2.75) is 39.2 Å². The van der Waals surface area contributed by atoms with Gasteiger partial charge in [0.05, 0.1) is 6.10 Å². The van der Waals surface area contributed by atoms with Gasteiger partial charge < -0.3 is 16.2 Å². The first-order chi connectivity index (χ1) is 7.52. The Morgan fingerprint density at radius 1 is 1.38 bits per heavy atom. The van der Waals surface area contributed by atoms with Gasteiger partial charge in [0.15, 0.2) is 0 Å². The van der Waals surface area contributed by atoms with Gasteiger partial charge in [0.2, 0.25) is 0 Å². The van der Waals surface area contributed by atoms with Crippen molar-refractivity contribution in [3.63, 3.8) is 0 Å². The Morgan fingerprint density at radius 3 is 2.62 bits per heavy atom. The second-order valence-electron chi connectivity index (χ2n) is 4.24. The van der Waals surface area contributed by atoms with Gasteiger partial charge >= 0.3 is 0 Å². The predicted molar refractivity (Wildman–Crippen MR) is 65.3 cm³/mol. The number of aromatic nitrogens is 2. The molecule has 1 heterocycles.